The average Bonchev–Trinajstić information content (AvgIpc) is 3.72. The molecule has 366 valence electrons. The Morgan fingerprint density at radius 2 is 1.36 bits per heavy atom. The maximum absolute atomic E-state index is 12.1. The third-order valence-corrected chi connectivity index (χ3v) is 18.0. The minimum atomic E-state index is -1.72. The van der Waals surface area contributed by atoms with Gasteiger partial charge in [-0.1, -0.05) is 39.3 Å². The standard InChI is InChI=1S/C47H76O17/c1-8-56-28-16-24-15-25(10-12-45(24,6)26-11-13-46(7)27(31(26)28)17-29-32(46)21(3)47(64-29)14-9-20(2)19-57-47)60-44-41(63-43-38(54)36(52)34(50)23(5)59-43)39(55)40(30(18-48)61-44)62-42-37(53)35(51)33(49)22(4)58-42/h16,20-23,25-44,48-55H,8-15,17-19H2,1-7H3/t20-,21+,22+,23+,25+,26+,27+,28+,29+,30-,31-,32+,33+,34+,35-,36-,37-,38-,39+,40-,41-,42+,43+,44-,45+,46+,47-/m1/s1. The molecule has 3 saturated carbocycles. The van der Waals surface area contributed by atoms with Crippen LogP contribution in [0.2, 0.25) is 0 Å². The molecule has 0 aromatic carbocycles. The first-order valence-electron chi connectivity index (χ1n) is 24.3. The van der Waals surface area contributed by atoms with Crippen molar-refractivity contribution in [3.8, 4) is 0 Å². The molecule has 5 heterocycles. The van der Waals surface area contributed by atoms with Crippen molar-refractivity contribution < 1.29 is 83.5 Å². The van der Waals surface area contributed by atoms with Crippen molar-refractivity contribution in [2.75, 3.05) is 19.8 Å². The highest BCUT2D eigenvalue weighted by Gasteiger charge is 2.70. The molecule has 0 amide bonds. The van der Waals surface area contributed by atoms with Gasteiger partial charge in [-0.3, -0.25) is 0 Å². The molecule has 5 saturated heterocycles. The molecule has 0 radical (unpaired) electrons. The highest BCUT2D eigenvalue weighted by atomic mass is 16.8. The topological polar surface area (TPSA) is 245 Å². The fraction of sp³-hybridized carbons (Fsp3) is 0.957. The number of fused-ring (bicyclic) bond motifs is 7. The zero-order valence-corrected chi connectivity index (χ0v) is 38.5. The van der Waals surface area contributed by atoms with E-state index in [4.69, 9.17) is 42.6 Å². The van der Waals surface area contributed by atoms with E-state index in [2.05, 4.69) is 40.7 Å². The van der Waals surface area contributed by atoms with Crippen molar-refractivity contribution in [3.05, 3.63) is 11.6 Å². The predicted molar refractivity (Wildman–Crippen MR) is 224 cm³/mol. The second-order valence-electron chi connectivity index (χ2n) is 21.6. The minimum absolute atomic E-state index is 0.0924. The van der Waals surface area contributed by atoms with Crippen LogP contribution < -0.4 is 0 Å². The molecule has 0 bridgehead atoms. The van der Waals surface area contributed by atoms with Crippen LogP contribution in [0.3, 0.4) is 0 Å². The number of aliphatic hydroxyl groups is 8. The number of rotatable bonds is 9. The lowest BCUT2D eigenvalue weighted by Crippen LogP contribution is -2.66. The van der Waals surface area contributed by atoms with Crippen molar-refractivity contribution in [2.45, 2.75) is 216 Å². The van der Waals surface area contributed by atoms with Gasteiger partial charge in [-0.15, -0.1) is 0 Å². The summed E-state index contributed by atoms with van der Waals surface area (Å²) in [5.74, 6) is 1.94. The van der Waals surface area contributed by atoms with Crippen LogP contribution in [-0.4, -0.2) is 177 Å². The van der Waals surface area contributed by atoms with Crippen LogP contribution >= 0.6 is 0 Å². The molecule has 8 fully saturated rings. The monoisotopic (exact) mass is 913 g/mol. The Morgan fingerprint density at radius 1 is 0.703 bits per heavy atom. The Labute approximate surface area is 376 Å². The van der Waals surface area contributed by atoms with Gasteiger partial charge in [-0.25, -0.2) is 0 Å². The van der Waals surface area contributed by atoms with E-state index in [0.717, 1.165) is 45.1 Å². The first-order chi connectivity index (χ1) is 30.3. The molecule has 17 nitrogen and oxygen atoms in total. The predicted octanol–water partition coefficient (Wildman–Crippen LogP) is 1.26. The molecule has 0 aromatic rings. The number of ether oxygens (including phenoxy) is 9. The first-order valence-corrected chi connectivity index (χ1v) is 24.3. The zero-order valence-electron chi connectivity index (χ0n) is 38.5. The average molecular weight is 913 g/mol. The van der Waals surface area contributed by atoms with Gasteiger partial charge >= 0.3 is 0 Å². The maximum atomic E-state index is 12.1. The van der Waals surface area contributed by atoms with E-state index in [0.29, 0.717) is 55.0 Å². The van der Waals surface area contributed by atoms with E-state index < -0.39 is 111 Å². The molecule has 17 heteroatoms. The van der Waals surface area contributed by atoms with E-state index in [-0.39, 0.29) is 23.0 Å². The lowest BCUT2D eigenvalue weighted by atomic mass is 9.46. The Balaban J connectivity index is 0.952. The number of hydrogen-bond acceptors (Lipinski definition) is 17. The van der Waals surface area contributed by atoms with Gasteiger partial charge < -0.3 is 83.5 Å². The fourth-order valence-corrected chi connectivity index (χ4v) is 14.3. The van der Waals surface area contributed by atoms with E-state index in [9.17, 15) is 40.9 Å². The number of hydrogen-bond donors (Lipinski definition) is 8. The Bertz CT molecular complexity index is 1660. The highest BCUT2D eigenvalue weighted by molar-refractivity contribution is 5.29. The summed E-state index contributed by atoms with van der Waals surface area (Å²) >= 11 is 0. The normalized spacial score (nSPS) is 57.4. The molecule has 1 spiro atoms. The molecular weight excluding hydrogens is 836 g/mol. The van der Waals surface area contributed by atoms with Crippen LogP contribution in [0.5, 0.6) is 0 Å². The third kappa shape index (κ3) is 7.89. The smallest absolute Gasteiger partial charge is 0.187 e. The fourth-order valence-electron chi connectivity index (χ4n) is 14.3. The van der Waals surface area contributed by atoms with Gasteiger partial charge in [-0.2, -0.15) is 0 Å². The van der Waals surface area contributed by atoms with Gasteiger partial charge in [0, 0.05) is 18.9 Å². The SMILES string of the molecule is CCO[C@H]1C=C2C[C@@H](O[C@@H]3O[C@H](CO)[C@@H](O[C@@H]4O[C@@H](C)[C@H](O)[C@@H](O)[C@H]4O)[C@H](O)[C@H]3O[C@@H]3O[C@@H](C)[C@H](O)[C@@H](O)[C@H]3O)CC[C@]2(C)[C@H]2CC[C@]3(C)[C@@H]4[C@H](C[C@H]3[C@H]12)O[C@]1(CC[C@@H](C)CO1)[C@H]4C. The molecule has 64 heavy (non-hydrogen) atoms. The largest absolute Gasteiger partial charge is 0.394 e. The number of aliphatic hydroxyl groups excluding tert-OH is 8. The van der Waals surface area contributed by atoms with Crippen LogP contribution in [0.15, 0.2) is 11.6 Å². The second-order valence-corrected chi connectivity index (χ2v) is 21.6. The summed E-state index contributed by atoms with van der Waals surface area (Å²) in [6.45, 7) is 15.3. The van der Waals surface area contributed by atoms with E-state index in [1.54, 1.807) is 0 Å². The Kier molecular flexibility index (Phi) is 13.6. The summed E-state index contributed by atoms with van der Waals surface area (Å²) in [5.41, 5.74) is 1.23. The molecule has 0 unspecified atom stereocenters. The molecule has 0 aromatic heterocycles. The summed E-state index contributed by atoms with van der Waals surface area (Å²) in [6.07, 6.45) is -12.4. The summed E-state index contributed by atoms with van der Waals surface area (Å²) in [7, 11) is 0. The minimum Gasteiger partial charge on any atom is -0.394 e. The van der Waals surface area contributed by atoms with E-state index in [1.807, 2.05) is 0 Å². The van der Waals surface area contributed by atoms with Gasteiger partial charge in [0.15, 0.2) is 24.7 Å². The summed E-state index contributed by atoms with van der Waals surface area (Å²) in [5, 5.41) is 86.3. The molecule has 9 aliphatic rings. The van der Waals surface area contributed by atoms with Crippen LogP contribution in [0.4, 0.5) is 0 Å². The Hall–Kier alpha value is -0.940. The van der Waals surface area contributed by atoms with E-state index in [1.165, 1.54) is 19.4 Å². The highest BCUT2D eigenvalue weighted by Crippen LogP contribution is 2.71. The van der Waals surface area contributed by atoms with Crippen molar-refractivity contribution in [3.63, 3.8) is 0 Å². The molecule has 27 atom stereocenters. The molecule has 5 aliphatic heterocycles. The summed E-state index contributed by atoms with van der Waals surface area (Å²) < 4.78 is 57.1. The van der Waals surface area contributed by atoms with Crippen molar-refractivity contribution in [1.82, 2.24) is 0 Å². The zero-order chi connectivity index (χ0) is 45.8. The Morgan fingerprint density at radius 3 is 1.97 bits per heavy atom. The lowest BCUT2D eigenvalue weighted by molar-refractivity contribution is -0.388. The van der Waals surface area contributed by atoms with Crippen molar-refractivity contribution >= 4 is 0 Å². The van der Waals surface area contributed by atoms with Gasteiger partial charge in [0.25, 0.3) is 0 Å². The quantitative estimate of drug-likeness (QED) is 0.152. The van der Waals surface area contributed by atoms with Gasteiger partial charge in [0.2, 0.25) is 0 Å². The van der Waals surface area contributed by atoms with Gasteiger partial charge in [0.1, 0.15) is 61.0 Å². The van der Waals surface area contributed by atoms with Gasteiger partial charge in [-0.05, 0) is 106 Å². The van der Waals surface area contributed by atoms with Crippen LogP contribution in [0, 0.1) is 46.3 Å². The van der Waals surface area contributed by atoms with Crippen molar-refractivity contribution in [1.29, 1.82) is 0 Å². The molecule has 8 N–H and O–H groups in total. The maximum Gasteiger partial charge on any atom is 0.187 e. The molecule has 4 aliphatic carbocycles. The molecular formula is C47H76O17. The first kappa shape index (κ1) is 48.1. The lowest BCUT2D eigenvalue weighted by Gasteiger charge is -2.60. The van der Waals surface area contributed by atoms with Crippen LogP contribution in [0.1, 0.15) is 99.8 Å². The van der Waals surface area contributed by atoms with Crippen LogP contribution in [-0.2, 0) is 42.6 Å². The van der Waals surface area contributed by atoms with Crippen LogP contribution in [0.25, 0.3) is 0 Å². The van der Waals surface area contributed by atoms with E-state index >= 15 is 0 Å². The summed E-state index contributed by atoms with van der Waals surface area (Å²) in [4.78, 5) is 0. The second kappa shape index (κ2) is 18.1. The summed E-state index contributed by atoms with van der Waals surface area (Å²) in [6, 6.07) is 0. The third-order valence-electron chi connectivity index (χ3n) is 18.0. The molecule has 9 rings (SSSR count). The van der Waals surface area contributed by atoms with Crippen molar-refractivity contribution in [2.24, 2.45) is 46.3 Å². The van der Waals surface area contributed by atoms with Gasteiger partial charge in [0.05, 0.1) is 43.7 Å².